The smallest absolute Gasteiger partial charge is 0.182 e. The lowest BCUT2D eigenvalue weighted by Crippen LogP contribution is -2.11. The Hall–Kier alpha value is -1.55. The van der Waals surface area contributed by atoms with Gasteiger partial charge in [-0.05, 0) is 42.8 Å². The van der Waals surface area contributed by atoms with Crippen LogP contribution < -0.4 is 4.90 Å². The number of nitrogens with one attached hydrogen (secondary N) is 1. The number of benzene rings is 1. The molecule has 0 saturated carbocycles. The molecule has 1 N–H and O–H groups in total. The van der Waals surface area contributed by atoms with Crippen LogP contribution in [-0.4, -0.2) is 23.6 Å². The summed E-state index contributed by atoms with van der Waals surface area (Å²) in [6.45, 7) is 6.48. The highest BCUT2D eigenvalue weighted by Gasteiger charge is 2.11. The van der Waals surface area contributed by atoms with Crippen LogP contribution in [0.15, 0.2) is 24.4 Å². The summed E-state index contributed by atoms with van der Waals surface area (Å²) in [7, 11) is 4.12. The molecule has 3 nitrogen and oxygen atoms in total. The Morgan fingerprint density at radius 3 is 2.53 bits per heavy atom. The number of aryl methyl sites for hydroxylation is 1. The first-order valence-electron chi connectivity index (χ1n) is 6.50. The van der Waals surface area contributed by atoms with Crippen molar-refractivity contribution < 1.29 is 0 Å². The van der Waals surface area contributed by atoms with E-state index in [-0.39, 0.29) is 0 Å². The molecule has 2 rings (SSSR count). The molecule has 2 aromatic rings. The van der Waals surface area contributed by atoms with E-state index in [1.807, 2.05) is 6.20 Å². The molecular weight excluding hydrogens is 254 g/mol. The van der Waals surface area contributed by atoms with Gasteiger partial charge in [0.2, 0.25) is 0 Å². The van der Waals surface area contributed by atoms with Gasteiger partial charge in [0.15, 0.2) is 4.77 Å². The van der Waals surface area contributed by atoms with Crippen LogP contribution in [0.2, 0.25) is 0 Å². The van der Waals surface area contributed by atoms with Crippen LogP contribution in [0.5, 0.6) is 0 Å². The van der Waals surface area contributed by atoms with Crippen molar-refractivity contribution in [3.8, 4) is 5.69 Å². The van der Waals surface area contributed by atoms with E-state index in [2.05, 4.69) is 67.5 Å². The molecule has 1 heterocycles. The molecule has 0 amide bonds. The summed E-state index contributed by atoms with van der Waals surface area (Å²) in [6.07, 6.45) is 2.00. The van der Waals surface area contributed by atoms with Crippen LogP contribution in [0.25, 0.3) is 5.69 Å². The molecule has 0 saturated heterocycles. The van der Waals surface area contributed by atoms with E-state index in [1.165, 1.54) is 16.9 Å². The van der Waals surface area contributed by atoms with E-state index in [0.717, 1.165) is 10.5 Å². The fraction of sp³-hybridized carbons (Fsp3) is 0.400. The SMILES string of the molecule is Cc1ccc(-n2c(C(C)C)c[nH]c2=S)cc1N(C)C. The number of hydrogen-bond acceptors (Lipinski definition) is 2. The van der Waals surface area contributed by atoms with E-state index >= 15 is 0 Å². The molecular formula is C15H21N3S. The number of H-pyrrole nitrogens is 1. The summed E-state index contributed by atoms with van der Waals surface area (Å²) < 4.78 is 2.86. The topological polar surface area (TPSA) is 24.0 Å². The van der Waals surface area contributed by atoms with E-state index < -0.39 is 0 Å². The predicted molar refractivity (Wildman–Crippen MR) is 84.1 cm³/mol. The molecule has 0 aliphatic heterocycles. The highest BCUT2D eigenvalue weighted by Crippen LogP contribution is 2.25. The normalized spacial score (nSPS) is 11.1. The summed E-state index contributed by atoms with van der Waals surface area (Å²) in [5.74, 6) is 0.428. The number of anilines is 1. The van der Waals surface area contributed by atoms with Crippen LogP contribution in [0, 0.1) is 11.7 Å². The third-order valence-electron chi connectivity index (χ3n) is 3.33. The maximum atomic E-state index is 5.41. The van der Waals surface area contributed by atoms with E-state index in [0.29, 0.717) is 5.92 Å². The van der Waals surface area contributed by atoms with Crippen molar-refractivity contribution in [3.63, 3.8) is 0 Å². The molecule has 0 aliphatic rings. The maximum Gasteiger partial charge on any atom is 0.182 e. The Balaban J connectivity index is 2.63. The summed E-state index contributed by atoms with van der Waals surface area (Å²) in [4.78, 5) is 5.27. The van der Waals surface area contributed by atoms with Gasteiger partial charge in [0.1, 0.15) is 0 Å². The first kappa shape index (κ1) is 13.9. The first-order chi connectivity index (χ1) is 8.91. The van der Waals surface area contributed by atoms with Crippen molar-refractivity contribution in [2.75, 3.05) is 19.0 Å². The van der Waals surface area contributed by atoms with Crippen molar-refractivity contribution >= 4 is 17.9 Å². The zero-order chi connectivity index (χ0) is 14.2. The van der Waals surface area contributed by atoms with Crippen LogP contribution in [0.4, 0.5) is 5.69 Å². The second kappa shape index (κ2) is 5.21. The third-order valence-corrected chi connectivity index (χ3v) is 3.63. The average Bonchev–Trinajstić information content (AvgIpc) is 2.71. The monoisotopic (exact) mass is 275 g/mol. The van der Waals surface area contributed by atoms with Gasteiger partial charge in [-0.15, -0.1) is 0 Å². The lowest BCUT2D eigenvalue weighted by molar-refractivity contribution is 0.783. The minimum Gasteiger partial charge on any atom is -0.377 e. The van der Waals surface area contributed by atoms with Gasteiger partial charge in [-0.25, -0.2) is 0 Å². The number of rotatable bonds is 3. The molecule has 1 aromatic heterocycles. The predicted octanol–water partition coefficient (Wildman–Crippen LogP) is 4.03. The first-order valence-corrected chi connectivity index (χ1v) is 6.91. The van der Waals surface area contributed by atoms with Gasteiger partial charge < -0.3 is 9.88 Å². The molecule has 19 heavy (non-hydrogen) atoms. The average molecular weight is 275 g/mol. The molecule has 0 bridgehead atoms. The van der Waals surface area contributed by atoms with Gasteiger partial charge >= 0.3 is 0 Å². The number of hydrogen-bond donors (Lipinski definition) is 1. The van der Waals surface area contributed by atoms with Gasteiger partial charge in [-0.1, -0.05) is 19.9 Å². The van der Waals surface area contributed by atoms with Gasteiger partial charge in [0, 0.05) is 31.7 Å². The van der Waals surface area contributed by atoms with E-state index in [1.54, 1.807) is 0 Å². The highest BCUT2D eigenvalue weighted by atomic mass is 32.1. The second-order valence-corrected chi connectivity index (χ2v) is 5.76. The Labute approximate surface area is 119 Å². The fourth-order valence-electron chi connectivity index (χ4n) is 2.29. The standard InChI is InChI=1S/C15H21N3S/c1-10(2)14-9-16-15(19)18(14)12-7-6-11(3)13(8-12)17(4)5/h6-10H,1-5H3,(H,16,19). The van der Waals surface area contributed by atoms with Crippen LogP contribution in [-0.2, 0) is 0 Å². The van der Waals surface area contributed by atoms with Gasteiger partial charge in [-0.3, -0.25) is 4.57 Å². The number of aromatic nitrogens is 2. The zero-order valence-corrected chi connectivity index (χ0v) is 13.0. The minimum absolute atomic E-state index is 0.428. The molecule has 0 unspecified atom stereocenters. The van der Waals surface area contributed by atoms with Crippen LogP contribution in [0.3, 0.4) is 0 Å². The maximum absolute atomic E-state index is 5.41. The van der Waals surface area contributed by atoms with Crippen molar-refractivity contribution in [1.29, 1.82) is 0 Å². The van der Waals surface area contributed by atoms with Crippen molar-refractivity contribution in [3.05, 3.63) is 40.4 Å². The molecule has 1 aromatic carbocycles. The summed E-state index contributed by atoms with van der Waals surface area (Å²) >= 11 is 5.41. The summed E-state index contributed by atoms with van der Waals surface area (Å²) in [6, 6.07) is 6.45. The Morgan fingerprint density at radius 2 is 1.95 bits per heavy atom. The number of imidazole rings is 1. The van der Waals surface area contributed by atoms with Crippen molar-refractivity contribution in [2.45, 2.75) is 26.7 Å². The van der Waals surface area contributed by atoms with Crippen molar-refractivity contribution in [1.82, 2.24) is 9.55 Å². The lowest BCUT2D eigenvalue weighted by Gasteiger charge is -2.18. The number of nitrogens with zero attached hydrogens (tertiary/aromatic N) is 2. The Kier molecular flexibility index (Phi) is 3.80. The molecule has 102 valence electrons. The molecule has 4 heteroatoms. The molecule has 0 atom stereocenters. The number of aromatic amines is 1. The Bertz CT molecular complexity index is 635. The molecule has 0 radical (unpaired) electrons. The largest absolute Gasteiger partial charge is 0.377 e. The fourth-order valence-corrected chi connectivity index (χ4v) is 2.56. The third kappa shape index (κ3) is 2.59. The van der Waals surface area contributed by atoms with E-state index in [4.69, 9.17) is 12.2 Å². The summed E-state index contributed by atoms with van der Waals surface area (Å²) in [5.41, 5.74) is 4.81. The zero-order valence-electron chi connectivity index (χ0n) is 12.2. The van der Waals surface area contributed by atoms with Crippen molar-refractivity contribution in [2.24, 2.45) is 0 Å². The molecule has 0 aliphatic carbocycles. The Morgan fingerprint density at radius 1 is 1.26 bits per heavy atom. The minimum atomic E-state index is 0.428. The lowest BCUT2D eigenvalue weighted by atomic mass is 10.1. The van der Waals surface area contributed by atoms with Gasteiger partial charge in [0.05, 0.1) is 5.69 Å². The van der Waals surface area contributed by atoms with Gasteiger partial charge in [-0.2, -0.15) is 0 Å². The van der Waals surface area contributed by atoms with Crippen LogP contribution >= 0.6 is 12.2 Å². The second-order valence-electron chi connectivity index (χ2n) is 5.37. The molecule has 0 fully saturated rings. The molecule has 0 spiro atoms. The van der Waals surface area contributed by atoms with Gasteiger partial charge in [0.25, 0.3) is 0 Å². The van der Waals surface area contributed by atoms with Crippen LogP contribution in [0.1, 0.15) is 31.0 Å². The summed E-state index contributed by atoms with van der Waals surface area (Å²) in [5, 5.41) is 0. The quantitative estimate of drug-likeness (QED) is 0.855. The highest BCUT2D eigenvalue weighted by molar-refractivity contribution is 7.71. The van der Waals surface area contributed by atoms with E-state index in [9.17, 15) is 0 Å².